The molecule has 0 aliphatic heterocycles. The maximum Gasteiger partial charge on any atom is 0.149 e. The lowest BCUT2D eigenvalue weighted by Crippen LogP contribution is -2.20. The van der Waals surface area contributed by atoms with Gasteiger partial charge in [0.25, 0.3) is 0 Å². The summed E-state index contributed by atoms with van der Waals surface area (Å²) in [5, 5.41) is 5.59. The maximum atomic E-state index is 9.40. The van der Waals surface area contributed by atoms with E-state index in [0.29, 0.717) is 5.41 Å². The zero-order valence-electron chi connectivity index (χ0n) is 29.4. The molecule has 48 heavy (non-hydrogen) atoms. The SMILES string of the molecule is [2H]C1(c2ccc3c(cnc4c(C(C)(C)C)c(-n5c(-c6cccc7c6oc6ccccc67)nc6ccccc65)ccc43)c2)CCC(C)(C)CC1. The number of imidazole rings is 1. The van der Waals surface area contributed by atoms with Crippen LogP contribution in [-0.4, -0.2) is 14.5 Å². The minimum atomic E-state index is -0.541. The van der Waals surface area contributed by atoms with Crippen molar-refractivity contribution in [3.05, 3.63) is 114 Å². The molecule has 238 valence electrons. The highest BCUT2D eigenvalue weighted by Crippen LogP contribution is 2.45. The molecule has 1 fully saturated rings. The molecular formula is C44H41N3O. The summed E-state index contributed by atoms with van der Waals surface area (Å²) in [4.78, 5) is 10.5. The van der Waals surface area contributed by atoms with Crippen LogP contribution in [0.3, 0.4) is 0 Å². The van der Waals surface area contributed by atoms with Gasteiger partial charge in [0, 0.05) is 34.7 Å². The number of hydrogen-bond acceptors (Lipinski definition) is 3. The highest BCUT2D eigenvalue weighted by molar-refractivity contribution is 6.10. The topological polar surface area (TPSA) is 43.9 Å². The van der Waals surface area contributed by atoms with E-state index in [1.165, 1.54) is 10.9 Å². The molecule has 1 aliphatic rings. The van der Waals surface area contributed by atoms with Gasteiger partial charge in [-0.2, -0.15) is 0 Å². The fourth-order valence-electron chi connectivity index (χ4n) is 8.02. The van der Waals surface area contributed by atoms with Gasteiger partial charge < -0.3 is 4.42 Å². The van der Waals surface area contributed by atoms with E-state index in [2.05, 4.69) is 118 Å². The van der Waals surface area contributed by atoms with Crippen molar-refractivity contribution in [3.8, 4) is 17.1 Å². The van der Waals surface area contributed by atoms with Crippen LogP contribution >= 0.6 is 0 Å². The van der Waals surface area contributed by atoms with E-state index < -0.39 is 5.89 Å². The molecule has 0 bridgehead atoms. The van der Waals surface area contributed by atoms with E-state index >= 15 is 0 Å². The summed E-state index contributed by atoms with van der Waals surface area (Å²) in [6.45, 7) is 11.5. The van der Waals surface area contributed by atoms with Crippen molar-refractivity contribution in [2.24, 2.45) is 5.41 Å². The third-order valence-electron chi connectivity index (χ3n) is 10.6. The lowest BCUT2D eigenvalue weighted by molar-refractivity contribution is 0.224. The van der Waals surface area contributed by atoms with Crippen LogP contribution in [0.15, 0.2) is 108 Å². The van der Waals surface area contributed by atoms with Gasteiger partial charge >= 0.3 is 0 Å². The summed E-state index contributed by atoms with van der Waals surface area (Å²) in [6.07, 6.45) is 5.98. The molecule has 0 unspecified atom stereocenters. The van der Waals surface area contributed by atoms with Crippen molar-refractivity contribution in [2.75, 3.05) is 0 Å². The molecule has 0 saturated heterocycles. The van der Waals surface area contributed by atoms with Gasteiger partial charge in [-0.15, -0.1) is 0 Å². The van der Waals surface area contributed by atoms with Crippen LogP contribution in [0.5, 0.6) is 0 Å². The fourth-order valence-corrected chi connectivity index (χ4v) is 8.02. The quantitative estimate of drug-likeness (QED) is 0.183. The summed E-state index contributed by atoms with van der Waals surface area (Å²) >= 11 is 0. The van der Waals surface area contributed by atoms with Crippen molar-refractivity contribution in [3.63, 3.8) is 0 Å². The van der Waals surface area contributed by atoms with E-state index in [4.69, 9.17) is 14.4 Å². The molecule has 9 rings (SSSR count). The molecule has 0 atom stereocenters. The molecule has 5 aromatic carbocycles. The number of nitrogens with zero attached hydrogens (tertiary/aromatic N) is 3. The Kier molecular flexibility index (Phi) is 6.16. The molecule has 8 aromatic rings. The van der Waals surface area contributed by atoms with Crippen LogP contribution in [0.2, 0.25) is 0 Å². The first-order valence-electron chi connectivity index (χ1n) is 17.8. The third kappa shape index (κ3) is 4.57. The predicted octanol–water partition coefficient (Wildman–Crippen LogP) is 12.3. The van der Waals surface area contributed by atoms with Crippen LogP contribution in [0.4, 0.5) is 0 Å². The van der Waals surface area contributed by atoms with Gasteiger partial charge in [-0.3, -0.25) is 9.55 Å². The minimum absolute atomic E-state index is 0.233. The van der Waals surface area contributed by atoms with Gasteiger partial charge in [-0.1, -0.05) is 95.3 Å². The van der Waals surface area contributed by atoms with Crippen LogP contribution in [0.25, 0.3) is 71.7 Å². The zero-order chi connectivity index (χ0) is 33.7. The van der Waals surface area contributed by atoms with E-state index in [1.54, 1.807) is 0 Å². The Morgan fingerprint density at radius 3 is 2.40 bits per heavy atom. The van der Waals surface area contributed by atoms with Crippen LogP contribution in [0.1, 0.15) is 78.7 Å². The summed E-state index contributed by atoms with van der Waals surface area (Å²) in [5.41, 5.74) is 9.07. The number of benzene rings is 5. The van der Waals surface area contributed by atoms with Crippen LogP contribution in [0, 0.1) is 5.41 Å². The fraction of sp³-hybridized carbons (Fsp3) is 0.273. The lowest BCUT2D eigenvalue weighted by atomic mass is 9.71. The van der Waals surface area contributed by atoms with Crippen LogP contribution in [-0.2, 0) is 5.41 Å². The number of fused-ring (bicyclic) bond motifs is 7. The van der Waals surface area contributed by atoms with Gasteiger partial charge in [0.15, 0.2) is 0 Å². The standard InChI is InChI=1S/C44H41N3O/c1-43(2,3)39-37(20-19-32-30-18-17-28(25-29(30)26-45-40(32)39)27-21-23-44(4,5)24-22-27)47-36-15-8-7-14-35(36)46-42(47)34-13-10-12-33-31-11-6-9-16-38(31)48-41(33)34/h6-20,25-27H,21-24H2,1-5H3/i27D. The van der Waals surface area contributed by atoms with E-state index in [-0.39, 0.29) is 5.41 Å². The number of para-hydroxylation sites is 4. The molecule has 1 saturated carbocycles. The first-order chi connectivity index (χ1) is 23.5. The second-order valence-corrected chi connectivity index (χ2v) is 15.5. The molecule has 4 nitrogen and oxygen atoms in total. The van der Waals surface area contributed by atoms with Crippen molar-refractivity contribution in [1.82, 2.24) is 14.5 Å². The highest BCUT2D eigenvalue weighted by atomic mass is 16.3. The van der Waals surface area contributed by atoms with Gasteiger partial charge in [0.2, 0.25) is 0 Å². The summed E-state index contributed by atoms with van der Waals surface area (Å²) in [6, 6.07) is 34.1. The van der Waals surface area contributed by atoms with Crippen molar-refractivity contribution in [1.29, 1.82) is 0 Å². The molecule has 1 aliphatic carbocycles. The van der Waals surface area contributed by atoms with Gasteiger partial charge in [0.1, 0.15) is 17.0 Å². The van der Waals surface area contributed by atoms with E-state index in [0.717, 1.165) is 97.6 Å². The average Bonchev–Trinajstić information content (AvgIpc) is 3.67. The molecule has 3 aromatic heterocycles. The van der Waals surface area contributed by atoms with Gasteiger partial charge in [-0.05, 0) is 89.8 Å². The molecule has 3 heterocycles. The van der Waals surface area contributed by atoms with E-state index in [9.17, 15) is 1.37 Å². The Bertz CT molecular complexity index is 2590. The maximum absolute atomic E-state index is 9.40. The molecule has 0 amide bonds. The zero-order valence-corrected chi connectivity index (χ0v) is 28.4. The highest BCUT2D eigenvalue weighted by Gasteiger charge is 2.29. The third-order valence-corrected chi connectivity index (χ3v) is 10.6. The first kappa shape index (κ1) is 28.1. The largest absolute Gasteiger partial charge is 0.455 e. The number of pyridine rings is 1. The van der Waals surface area contributed by atoms with Gasteiger partial charge in [0.05, 0.1) is 27.8 Å². The molecule has 0 N–H and O–H groups in total. The lowest BCUT2D eigenvalue weighted by Gasteiger charge is -2.34. The Labute approximate surface area is 282 Å². The molecular weight excluding hydrogens is 587 g/mol. The first-order valence-corrected chi connectivity index (χ1v) is 17.3. The molecule has 0 spiro atoms. The predicted molar refractivity (Wildman–Crippen MR) is 200 cm³/mol. The number of furan rings is 1. The Balaban J connectivity index is 1.27. The van der Waals surface area contributed by atoms with Crippen molar-refractivity contribution >= 4 is 54.6 Å². The second kappa shape index (κ2) is 10.5. The molecule has 4 heteroatoms. The van der Waals surface area contributed by atoms with E-state index in [1.807, 2.05) is 24.4 Å². The summed E-state index contributed by atoms with van der Waals surface area (Å²) in [5.74, 6) is 0.304. The van der Waals surface area contributed by atoms with Crippen molar-refractivity contribution < 1.29 is 5.79 Å². The number of hydrogen-bond donors (Lipinski definition) is 0. The normalized spacial score (nSPS) is 16.7. The minimum Gasteiger partial charge on any atom is -0.455 e. The molecule has 0 radical (unpaired) electrons. The monoisotopic (exact) mass is 628 g/mol. The van der Waals surface area contributed by atoms with Gasteiger partial charge in [-0.25, -0.2) is 4.98 Å². The smallest absolute Gasteiger partial charge is 0.149 e. The Morgan fingerprint density at radius 2 is 1.56 bits per heavy atom. The summed E-state index contributed by atoms with van der Waals surface area (Å²) in [7, 11) is 0. The van der Waals surface area contributed by atoms with Crippen molar-refractivity contribution in [2.45, 2.75) is 71.6 Å². The Morgan fingerprint density at radius 1 is 0.812 bits per heavy atom. The Hall–Kier alpha value is -4.96. The van der Waals surface area contributed by atoms with Crippen LogP contribution < -0.4 is 0 Å². The summed E-state index contributed by atoms with van der Waals surface area (Å²) < 4.78 is 18.2. The number of aromatic nitrogens is 3. The number of rotatable bonds is 3. The average molecular weight is 629 g/mol. The second-order valence-electron chi connectivity index (χ2n) is 15.5.